The van der Waals surface area contributed by atoms with Crippen molar-refractivity contribution >= 4 is 22.8 Å². The minimum Gasteiger partial charge on any atom is -0.425 e. The van der Waals surface area contributed by atoms with E-state index in [9.17, 15) is 27.9 Å². The van der Waals surface area contributed by atoms with Crippen molar-refractivity contribution in [3.8, 4) is 17.5 Å². The van der Waals surface area contributed by atoms with Crippen molar-refractivity contribution in [3.05, 3.63) is 68.4 Å². The van der Waals surface area contributed by atoms with Crippen LogP contribution in [0.25, 0.3) is 11.2 Å². The molecule has 0 bridgehead atoms. The van der Waals surface area contributed by atoms with Gasteiger partial charge in [-0.2, -0.15) is 4.98 Å². The van der Waals surface area contributed by atoms with Crippen molar-refractivity contribution in [1.82, 2.24) is 18.7 Å². The molecule has 0 amide bonds. The van der Waals surface area contributed by atoms with Gasteiger partial charge in [0.2, 0.25) is 0 Å². The number of hydrogen-bond donors (Lipinski definition) is 1. The topological polar surface area (TPSA) is 110 Å². The first-order chi connectivity index (χ1) is 18.4. The zero-order valence-electron chi connectivity index (χ0n) is 21.6. The lowest BCUT2D eigenvalue weighted by molar-refractivity contribution is -0.274. The number of aliphatic hydroxyl groups excluding tert-OH is 1. The number of methoxy groups -OCH3 is 1. The first kappa shape index (κ1) is 30.0. The SMILES string of the molecule is C/C=C(Cl)\C=C/C(C)Cn1c(Oc2cccc(OC(F)(F)F)c2)nc2c1c(=O)n(CC(CO)OC)c(=O)n2C. The Labute approximate surface area is 226 Å². The molecule has 0 spiro atoms. The second-order valence-electron chi connectivity index (χ2n) is 8.61. The molecule has 0 aliphatic heterocycles. The van der Waals surface area contributed by atoms with Crippen molar-refractivity contribution in [3.63, 3.8) is 0 Å². The van der Waals surface area contributed by atoms with Crippen LogP contribution in [0.3, 0.4) is 0 Å². The highest BCUT2D eigenvalue weighted by atomic mass is 35.5. The maximum absolute atomic E-state index is 13.6. The van der Waals surface area contributed by atoms with Crippen molar-refractivity contribution < 1.29 is 32.5 Å². The maximum Gasteiger partial charge on any atom is 0.573 e. The molecule has 2 heterocycles. The van der Waals surface area contributed by atoms with E-state index in [2.05, 4.69) is 9.72 Å². The van der Waals surface area contributed by atoms with Gasteiger partial charge in [0.1, 0.15) is 11.5 Å². The Morgan fingerprint density at radius 1 is 1.21 bits per heavy atom. The molecule has 0 radical (unpaired) electrons. The molecule has 3 aromatic rings. The Balaban J connectivity index is 2.18. The number of aromatic nitrogens is 4. The van der Waals surface area contributed by atoms with Crippen molar-refractivity contribution in [1.29, 1.82) is 0 Å². The Hall–Kier alpha value is -3.55. The Bertz CT molecular complexity index is 1490. The fraction of sp³-hybridized carbons (Fsp3) is 0.400. The molecule has 2 unspecified atom stereocenters. The molecule has 0 saturated carbocycles. The van der Waals surface area contributed by atoms with Gasteiger partial charge in [-0.05, 0) is 31.1 Å². The summed E-state index contributed by atoms with van der Waals surface area (Å²) in [6.07, 6.45) is -0.546. The quantitative estimate of drug-likeness (QED) is 0.347. The predicted molar refractivity (Wildman–Crippen MR) is 138 cm³/mol. The van der Waals surface area contributed by atoms with Gasteiger partial charge in [-0.15, -0.1) is 13.2 Å². The standard InChI is InChI=1S/C25H28ClF3N4O6/c1-5-16(26)10-9-15(2)12-32-20-21(31(3)24(36)33(22(20)35)13-19(14-34)37-4)30-23(32)38-17-7-6-8-18(11-17)39-25(27,28)29/h5-11,15,19,34H,12-14H2,1-4H3/b10-9-,16-5+. The molecule has 2 atom stereocenters. The van der Waals surface area contributed by atoms with E-state index < -0.39 is 36.1 Å². The monoisotopic (exact) mass is 572 g/mol. The van der Waals surface area contributed by atoms with Gasteiger partial charge < -0.3 is 19.3 Å². The van der Waals surface area contributed by atoms with Gasteiger partial charge in [0.05, 0.1) is 19.3 Å². The highest BCUT2D eigenvalue weighted by Gasteiger charge is 2.31. The molecule has 0 aliphatic carbocycles. The molecule has 3 rings (SSSR count). The van der Waals surface area contributed by atoms with Gasteiger partial charge in [-0.25, -0.2) is 4.79 Å². The summed E-state index contributed by atoms with van der Waals surface area (Å²) in [5, 5.41) is 10.0. The largest absolute Gasteiger partial charge is 0.573 e. The number of benzene rings is 1. The zero-order chi connectivity index (χ0) is 28.9. The number of nitrogens with zero attached hydrogens (tertiary/aromatic N) is 4. The third-order valence-corrected chi connectivity index (χ3v) is 6.04. The normalized spacial score (nSPS) is 14.2. The minimum absolute atomic E-state index is 0.000391. The van der Waals surface area contributed by atoms with Crippen molar-refractivity contribution in [2.45, 2.75) is 39.4 Å². The lowest BCUT2D eigenvalue weighted by atomic mass is 10.1. The van der Waals surface area contributed by atoms with Gasteiger partial charge in [0.15, 0.2) is 11.2 Å². The van der Waals surface area contributed by atoms with E-state index in [4.69, 9.17) is 21.1 Å². The zero-order valence-corrected chi connectivity index (χ0v) is 22.4. The molecular weight excluding hydrogens is 545 g/mol. The Morgan fingerprint density at radius 2 is 1.90 bits per heavy atom. The number of allylic oxidation sites excluding steroid dienone is 4. The number of aryl methyl sites for hydroxylation is 1. The molecule has 1 N–H and O–H groups in total. The number of halogens is 4. The van der Waals surface area contributed by atoms with Crippen LogP contribution in [-0.2, 0) is 24.9 Å². The highest BCUT2D eigenvalue weighted by molar-refractivity contribution is 6.31. The summed E-state index contributed by atoms with van der Waals surface area (Å²) in [4.78, 5) is 30.9. The molecule has 0 saturated heterocycles. The van der Waals surface area contributed by atoms with Crippen LogP contribution in [-0.4, -0.2) is 50.0 Å². The van der Waals surface area contributed by atoms with Gasteiger partial charge in [0.25, 0.3) is 5.56 Å². The maximum atomic E-state index is 13.6. The van der Waals surface area contributed by atoms with Crippen LogP contribution in [0.4, 0.5) is 13.2 Å². The number of aliphatic hydroxyl groups is 1. The van der Waals surface area contributed by atoms with Crippen LogP contribution in [0.1, 0.15) is 13.8 Å². The summed E-state index contributed by atoms with van der Waals surface area (Å²) < 4.78 is 56.6. The summed E-state index contributed by atoms with van der Waals surface area (Å²) in [5.74, 6) is -0.782. The number of rotatable bonds is 11. The third-order valence-electron chi connectivity index (χ3n) is 5.70. The van der Waals surface area contributed by atoms with Crippen LogP contribution in [0.2, 0.25) is 0 Å². The lowest BCUT2D eigenvalue weighted by Gasteiger charge is -2.16. The molecule has 0 fully saturated rings. The minimum atomic E-state index is -4.90. The van der Waals surface area contributed by atoms with Crippen LogP contribution in [0.15, 0.2) is 57.1 Å². The molecule has 212 valence electrons. The van der Waals surface area contributed by atoms with Gasteiger partial charge >= 0.3 is 18.1 Å². The van der Waals surface area contributed by atoms with E-state index in [1.54, 1.807) is 25.2 Å². The molecule has 39 heavy (non-hydrogen) atoms. The van der Waals surface area contributed by atoms with Crippen LogP contribution < -0.4 is 20.7 Å². The molecule has 10 nitrogen and oxygen atoms in total. The number of fused-ring (bicyclic) bond motifs is 1. The Morgan fingerprint density at radius 3 is 2.51 bits per heavy atom. The predicted octanol–water partition coefficient (Wildman–Crippen LogP) is 3.93. The van der Waals surface area contributed by atoms with E-state index in [0.717, 1.165) is 21.3 Å². The van der Waals surface area contributed by atoms with E-state index in [1.165, 1.54) is 30.9 Å². The second-order valence-corrected chi connectivity index (χ2v) is 9.05. The van der Waals surface area contributed by atoms with Gasteiger partial charge in [0, 0.05) is 31.8 Å². The van der Waals surface area contributed by atoms with E-state index in [1.807, 2.05) is 6.92 Å². The number of ether oxygens (including phenoxy) is 3. The van der Waals surface area contributed by atoms with E-state index in [0.29, 0.717) is 5.03 Å². The van der Waals surface area contributed by atoms with Gasteiger partial charge in [-0.1, -0.05) is 36.7 Å². The molecule has 1 aromatic carbocycles. The second kappa shape index (κ2) is 12.5. The fourth-order valence-electron chi connectivity index (χ4n) is 3.71. The first-order valence-electron chi connectivity index (χ1n) is 11.8. The number of alkyl halides is 3. The number of hydrogen-bond acceptors (Lipinski definition) is 7. The average molecular weight is 573 g/mol. The highest BCUT2D eigenvalue weighted by Crippen LogP contribution is 2.30. The van der Waals surface area contributed by atoms with Crippen LogP contribution in [0.5, 0.6) is 17.5 Å². The third kappa shape index (κ3) is 7.31. The summed E-state index contributed by atoms with van der Waals surface area (Å²) in [6, 6.07) is 4.69. The fourth-order valence-corrected chi connectivity index (χ4v) is 3.78. The lowest BCUT2D eigenvalue weighted by Crippen LogP contribution is -2.43. The van der Waals surface area contributed by atoms with Crippen molar-refractivity contribution in [2.24, 2.45) is 13.0 Å². The van der Waals surface area contributed by atoms with Crippen LogP contribution >= 0.6 is 11.6 Å². The Kier molecular flexibility index (Phi) is 9.64. The summed E-state index contributed by atoms with van der Waals surface area (Å²) in [5.41, 5.74) is -1.39. The van der Waals surface area contributed by atoms with Gasteiger partial charge in [-0.3, -0.25) is 18.5 Å². The molecular formula is C25H28ClF3N4O6. The summed E-state index contributed by atoms with van der Waals surface area (Å²) in [6.45, 7) is 3.10. The van der Waals surface area contributed by atoms with E-state index >= 15 is 0 Å². The van der Waals surface area contributed by atoms with E-state index in [-0.39, 0.29) is 41.9 Å². The summed E-state index contributed by atoms with van der Waals surface area (Å²) >= 11 is 6.06. The smallest absolute Gasteiger partial charge is 0.425 e. The van der Waals surface area contributed by atoms with Crippen molar-refractivity contribution in [2.75, 3.05) is 13.7 Å². The first-order valence-corrected chi connectivity index (χ1v) is 12.1. The molecule has 14 heteroatoms. The summed E-state index contributed by atoms with van der Waals surface area (Å²) in [7, 11) is 2.75. The average Bonchev–Trinajstić information content (AvgIpc) is 3.23. The number of imidazole rings is 1. The van der Waals surface area contributed by atoms with Crippen LogP contribution in [0, 0.1) is 5.92 Å². The molecule has 0 aliphatic rings. The molecule has 2 aromatic heterocycles.